The van der Waals surface area contributed by atoms with Crippen molar-refractivity contribution in [2.75, 3.05) is 0 Å². The summed E-state index contributed by atoms with van der Waals surface area (Å²) in [4.78, 5) is 23.3. The smallest absolute Gasteiger partial charge is 0.146 e. The number of Topliss-reactive ketones (excluding diaryl/α,β-unsaturated/α-hetero) is 2. The molecule has 0 saturated carbocycles. The van der Waals surface area contributed by atoms with Crippen LogP contribution in [0.25, 0.3) is 0 Å². The van der Waals surface area contributed by atoms with Crippen LogP contribution >= 0.6 is 0 Å². The first-order valence-corrected chi connectivity index (χ1v) is 5.79. The highest BCUT2D eigenvalue weighted by atomic mass is 16.5. The molecule has 2 aliphatic rings. The number of hydrogen-bond acceptors (Lipinski definition) is 3. The molecule has 0 aromatic rings. The van der Waals surface area contributed by atoms with Crippen molar-refractivity contribution < 1.29 is 14.3 Å². The maximum absolute atomic E-state index is 11.8. The molecule has 3 heteroatoms. The molecule has 0 aliphatic carbocycles. The van der Waals surface area contributed by atoms with Gasteiger partial charge in [0.05, 0.1) is 18.6 Å². The third kappa shape index (κ3) is 2.12. The molecule has 2 fully saturated rings. The Kier molecular flexibility index (Phi) is 2.91. The van der Waals surface area contributed by atoms with E-state index in [2.05, 4.69) is 0 Å². The Morgan fingerprint density at radius 3 is 2.53 bits per heavy atom. The number of carbonyl (C=O) groups excluding carboxylic acids is 2. The molecule has 3 nitrogen and oxygen atoms in total. The van der Waals surface area contributed by atoms with Crippen LogP contribution in [0.1, 0.15) is 39.5 Å². The molecule has 2 bridgehead atoms. The normalized spacial score (nSPS) is 33.7. The van der Waals surface area contributed by atoms with Crippen molar-refractivity contribution in [2.24, 2.45) is 11.8 Å². The summed E-state index contributed by atoms with van der Waals surface area (Å²) in [5.41, 5.74) is 0. The van der Waals surface area contributed by atoms with Crippen molar-refractivity contribution in [3.8, 4) is 0 Å². The fourth-order valence-electron chi connectivity index (χ4n) is 2.48. The van der Waals surface area contributed by atoms with Gasteiger partial charge >= 0.3 is 0 Å². The van der Waals surface area contributed by atoms with Crippen LogP contribution in [0.15, 0.2) is 0 Å². The van der Waals surface area contributed by atoms with E-state index in [0.717, 1.165) is 19.3 Å². The zero-order chi connectivity index (χ0) is 11.0. The van der Waals surface area contributed by atoms with Gasteiger partial charge in [-0.25, -0.2) is 0 Å². The minimum absolute atomic E-state index is 0.00597. The summed E-state index contributed by atoms with van der Waals surface area (Å²) in [5, 5.41) is 0. The lowest BCUT2D eigenvalue weighted by Gasteiger charge is -2.17. The highest BCUT2D eigenvalue weighted by molar-refractivity contribution is 6.01. The molecule has 0 aromatic carbocycles. The minimum atomic E-state index is -0.0338. The van der Waals surface area contributed by atoms with Crippen LogP contribution in [-0.2, 0) is 14.3 Å². The van der Waals surface area contributed by atoms with E-state index in [4.69, 9.17) is 4.74 Å². The number of hydrogen-bond donors (Lipinski definition) is 0. The minimum Gasteiger partial charge on any atom is -0.374 e. The van der Waals surface area contributed by atoms with Crippen LogP contribution in [-0.4, -0.2) is 23.8 Å². The fraction of sp³-hybridized carbons (Fsp3) is 0.833. The molecule has 2 saturated heterocycles. The van der Waals surface area contributed by atoms with Gasteiger partial charge in [0, 0.05) is 11.8 Å². The van der Waals surface area contributed by atoms with E-state index in [1.165, 1.54) is 0 Å². The van der Waals surface area contributed by atoms with E-state index in [9.17, 15) is 9.59 Å². The molecular formula is C12H18O3. The molecule has 0 N–H and O–H groups in total. The van der Waals surface area contributed by atoms with Crippen molar-refractivity contribution in [1.29, 1.82) is 0 Å². The molecule has 15 heavy (non-hydrogen) atoms. The van der Waals surface area contributed by atoms with Crippen molar-refractivity contribution >= 4 is 11.6 Å². The molecule has 84 valence electrons. The summed E-state index contributed by atoms with van der Waals surface area (Å²) >= 11 is 0. The second-order valence-electron chi connectivity index (χ2n) is 4.98. The predicted molar refractivity (Wildman–Crippen MR) is 55.5 cm³/mol. The zero-order valence-corrected chi connectivity index (χ0v) is 9.36. The summed E-state index contributed by atoms with van der Waals surface area (Å²) in [6.45, 7) is 3.68. The third-order valence-corrected chi connectivity index (χ3v) is 3.51. The standard InChI is InChI=1S/C12H18O3/c1-7(2)10(13)6-11(14)9-5-8-3-4-12(9)15-8/h7-9,12H,3-6H2,1-2H3. The average Bonchev–Trinajstić information content (AvgIpc) is 2.78. The Labute approximate surface area is 90.2 Å². The highest BCUT2D eigenvalue weighted by Crippen LogP contribution is 2.39. The SMILES string of the molecule is CC(C)C(=O)CC(=O)C1CC2CCC1O2. The summed E-state index contributed by atoms with van der Waals surface area (Å²) in [6.07, 6.45) is 3.44. The van der Waals surface area contributed by atoms with Crippen LogP contribution in [0.2, 0.25) is 0 Å². The Balaban J connectivity index is 1.89. The topological polar surface area (TPSA) is 43.4 Å². The lowest BCUT2D eigenvalue weighted by molar-refractivity contribution is -0.131. The molecule has 0 amide bonds. The van der Waals surface area contributed by atoms with Crippen molar-refractivity contribution in [2.45, 2.75) is 51.7 Å². The Morgan fingerprint density at radius 2 is 2.07 bits per heavy atom. The number of ether oxygens (including phenoxy) is 1. The first kappa shape index (κ1) is 10.8. The predicted octanol–water partition coefficient (Wildman–Crippen LogP) is 1.74. The summed E-state index contributed by atoms with van der Waals surface area (Å²) in [6, 6.07) is 0. The number of fused-ring (bicyclic) bond motifs is 2. The molecule has 3 atom stereocenters. The first-order valence-electron chi connectivity index (χ1n) is 5.79. The van der Waals surface area contributed by atoms with E-state index in [1.807, 2.05) is 13.8 Å². The van der Waals surface area contributed by atoms with Gasteiger partial charge in [0.25, 0.3) is 0 Å². The van der Waals surface area contributed by atoms with Crippen LogP contribution in [0.3, 0.4) is 0 Å². The lowest BCUT2D eigenvalue weighted by atomic mass is 9.84. The van der Waals surface area contributed by atoms with Gasteiger partial charge in [0.15, 0.2) is 0 Å². The van der Waals surface area contributed by atoms with Crippen molar-refractivity contribution in [1.82, 2.24) is 0 Å². The van der Waals surface area contributed by atoms with Crippen LogP contribution in [0, 0.1) is 11.8 Å². The molecule has 2 rings (SSSR count). The van der Waals surface area contributed by atoms with Gasteiger partial charge in [-0.05, 0) is 19.3 Å². The molecule has 3 unspecified atom stereocenters. The number of carbonyl (C=O) groups is 2. The van der Waals surface area contributed by atoms with Gasteiger partial charge in [0.1, 0.15) is 11.6 Å². The third-order valence-electron chi connectivity index (χ3n) is 3.51. The first-order chi connectivity index (χ1) is 7.08. The average molecular weight is 210 g/mol. The number of rotatable bonds is 4. The van der Waals surface area contributed by atoms with Crippen LogP contribution < -0.4 is 0 Å². The van der Waals surface area contributed by atoms with Crippen molar-refractivity contribution in [3.05, 3.63) is 0 Å². The monoisotopic (exact) mass is 210 g/mol. The second kappa shape index (κ2) is 4.05. The fourth-order valence-corrected chi connectivity index (χ4v) is 2.48. The van der Waals surface area contributed by atoms with Crippen molar-refractivity contribution in [3.63, 3.8) is 0 Å². The van der Waals surface area contributed by atoms with Gasteiger partial charge in [0.2, 0.25) is 0 Å². The molecular weight excluding hydrogens is 192 g/mol. The summed E-state index contributed by atoms with van der Waals surface area (Å²) in [7, 11) is 0. The molecule has 2 aliphatic heterocycles. The van der Waals surface area contributed by atoms with E-state index in [0.29, 0.717) is 0 Å². The second-order valence-corrected chi connectivity index (χ2v) is 4.98. The van der Waals surface area contributed by atoms with Crippen LogP contribution in [0.5, 0.6) is 0 Å². The summed E-state index contributed by atoms with van der Waals surface area (Å²) in [5.74, 6) is 0.128. The van der Waals surface area contributed by atoms with E-state index in [1.54, 1.807) is 0 Å². The van der Waals surface area contributed by atoms with Gasteiger partial charge in [-0.3, -0.25) is 9.59 Å². The maximum Gasteiger partial charge on any atom is 0.146 e. The number of ketones is 2. The van der Waals surface area contributed by atoms with Gasteiger partial charge < -0.3 is 4.74 Å². The lowest BCUT2D eigenvalue weighted by Crippen LogP contribution is -2.28. The van der Waals surface area contributed by atoms with Gasteiger partial charge in [-0.1, -0.05) is 13.8 Å². The van der Waals surface area contributed by atoms with Gasteiger partial charge in [-0.2, -0.15) is 0 Å². The molecule has 0 aromatic heterocycles. The van der Waals surface area contributed by atoms with E-state index in [-0.39, 0.29) is 42.0 Å². The molecule has 2 heterocycles. The Bertz CT molecular complexity index is 283. The van der Waals surface area contributed by atoms with Gasteiger partial charge in [-0.15, -0.1) is 0 Å². The molecule has 0 spiro atoms. The van der Waals surface area contributed by atoms with E-state index < -0.39 is 0 Å². The largest absolute Gasteiger partial charge is 0.374 e. The summed E-state index contributed by atoms with van der Waals surface area (Å²) < 4.78 is 5.62. The Hall–Kier alpha value is -0.700. The van der Waals surface area contributed by atoms with Crippen LogP contribution in [0.4, 0.5) is 0 Å². The molecule has 0 radical (unpaired) electrons. The quantitative estimate of drug-likeness (QED) is 0.664. The Morgan fingerprint density at radius 1 is 1.33 bits per heavy atom. The zero-order valence-electron chi connectivity index (χ0n) is 9.36. The maximum atomic E-state index is 11.8. The van der Waals surface area contributed by atoms with E-state index >= 15 is 0 Å². The highest BCUT2D eigenvalue weighted by Gasteiger charge is 2.44.